The molecule has 3 aromatic rings. The van der Waals surface area contributed by atoms with E-state index >= 15 is 0 Å². The molecule has 0 saturated heterocycles. The molecule has 0 aliphatic heterocycles. The summed E-state index contributed by atoms with van der Waals surface area (Å²) in [5, 5.41) is 8.12. The summed E-state index contributed by atoms with van der Waals surface area (Å²) in [6, 6.07) is 21.8. The predicted molar refractivity (Wildman–Crippen MR) is 130 cm³/mol. The van der Waals surface area contributed by atoms with Crippen LogP contribution in [0.1, 0.15) is 29.8 Å². The van der Waals surface area contributed by atoms with Crippen LogP contribution in [0.15, 0.2) is 77.7 Å². The molecule has 0 fully saturated rings. The summed E-state index contributed by atoms with van der Waals surface area (Å²) in [6.45, 7) is 5.22. The van der Waals surface area contributed by atoms with Crippen molar-refractivity contribution >= 4 is 46.5 Å². The fourth-order valence-corrected chi connectivity index (χ4v) is 3.82. The smallest absolute Gasteiger partial charge is 0.255 e. The van der Waals surface area contributed by atoms with Crippen molar-refractivity contribution in [2.45, 2.75) is 30.9 Å². The average Bonchev–Trinajstić information content (AvgIpc) is 2.76. The molecule has 1 unspecified atom stereocenters. The summed E-state index contributed by atoms with van der Waals surface area (Å²) in [5.74, 6) is -0.432. The molecule has 0 radical (unpaired) electrons. The molecule has 3 amide bonds. The van der Waals surface area contributed by atoms with Crippen LogP contribution >= 0.6 is 11.8 Å². The number of carbonyl (C=O) groups excluding carboxylic acids is 3. The number of aryl methyl sites for hydroxylation is 1. The van der Waals surface area contributed by atoms with E-state index in [1.54, 1.807) is 30.3 Å². The van der Waals surface area contributed by atoms with Gasteiger partial charge in [-0.3, -0.25) is 14.4 Å². The molecule has 0 aliphatic rings. The van der Waals surface area contributed by atoms with Gasteiger partial charge in [-0.25, -0.2) is 0 Å². The molecule has 3 N–H and O–H groups in total. The summed E-state index contributed by atoms with van der Waals surface area (Å²) < 4.78 is 0. The Balaban J connectivity index is 1.53. The van der Waals surface area contributed by atoms with E-state index in [0.717, 1.165) is 10.5 Å². The first-order valence-corrected chi connectivity index (χ1v) is 11.0. The summed E-state index contributed by atoms with van der Waals surface area (Å²) in [5.41, 5.74) is 3.66. The summed E-state index contributed by atoms with van der Waals surface area (Å²) >= 11 is 1.43. The van der Waals surface area contributed by atoms with Gasteiger partial charge in [-0.1, -0.05) is 17.7 Å². The highest BCUT2D eigenvalue weighted by molar-refractivity contribution is 8.00. The van der Waals surface area contributed by atoms with Crippen LogP contribution in [0.3, 0.4) is 0 Å². The Morgan fingerprint density at radius 2 is 1.34 bits per heavy atom. The number of thioether (sulfide) groups is 1. The van der Waals surface area contributed by atoms with Crippen molar-refractivity contribution in [2.75, 3.05) is 16.0 Å². The maximum Gasteiger partial charge on any atom is 0.255 e. The maximum atomic E-state index is 12.5. The van der Waals surface area contributed by atoms with Crippen molar-refractivity contribution < 1.29 is 14.4 Å². The van der Waals surface area contributed by atoms with Crippen LogP contribution in [0.2, 0.25) is 0 Å². The van der Waals surface area contributed by atoms with E-state index in [0.29, 0.717) is 22.6 Å². The van der Waals surface area contributed by atoms with Crippen LogP contribution in [-0.4, -0.2) is 23.0 Å². The van der Waals surface area contributed by atoms with Crippen LogP contribution in [0.25, 0.3) is 0 Å². The van der Waals surface area contributed by atoms with Gasteiger partial charge in [0.1, 0.15) is 0 Å². The molecule has 0 saturated carbocycles. The standard InChI is InChI=1S/C25H25N3O3S/c1-16-5-4-6-19(15-16)25(31)28-22-11-13-23(14-12-22)32-17(2)24(30)27-21-9-7-20(8-10-21)26-18(3)29/h4-15,17H,1-3H3,(H,26,29)(H,27,30)(H,28,31). The van der Waals surface area contributed by atoms with Crippen LogP contribution in [0.5, 0.6) is 0 Å². The van der Waals surface area contributed by atoms with Crippen molar-refractivity contribution in [3.05, 3.63) is 83.9 Å². The Bertz CT molecular complexity index is 1110. The third kappa shape index (κ3) is 6.72. The molecule has 0 heterocycles. The minimum Gasteiger partial charge on any atom is -0.326 e. The van der Waals surface area contributed by atoms with Gasteiger partial charge in [-0.2, -0.15) is 0 Å². The van der Waals surface area contributed by atoms with Crippen molar-refractivity contribution in [3.8, 4) is 0 Å². The van der Waals surface area contributed by atoms with Gasteiger partial charge in [-0.15, -0.1) is 11.8 Å². The lowest BCUT2D eigenvalue weighted by Crippen LogP contribution is -2.22. The van der Waals surface area contributed by atoms with Gasteiger partial charge in [0.05, 0.1) is 5.25 Å². The molecule has 164 valence electrons. The van der Waals surface area contributed by atoms with Crippen molar-refractivity contribution in [1.82, 2.24) is 0 Å². The van der Waals surface area contributed by atoms with Crippen LogP contribution < -0.4 is 16.0 Å². The SMILES string of the molecule is CC(=O)Nc1ccc(NC(=O)C(C)Sc2ccc(NC(=O)c3cccc(C)c3)cc2)cc1. The van der Waals surface area contributed by atoms with Gasteiger partial charge in [0.15, 0.2) is 0 Å². The predicted octanol–water partition coefficient (Wildman–Crippen LogP) is 5.33. The minimum atomic E-state index is -0.322. The number of anilines is 3. The molecule has 32 heavy (non-hydrogen) atoms. The molecule has 0 spiro atoms. The fourth-order valence-electron chi connectivity index (χ4n) is 2.95. The molecule has 1 atom stereocenters. The van der Waals surface area contributed by atoms with Gasteiger partial charge < -0.3 is 16.0 Å². The van der Waals surface area contributed by atoms with E-state index in [9.17, 15) is 14.4 Å². The molecule has 0 bridgehead atoms. The van der Waals surface area contributed by atoms with Gasteiger partial charge in [0.2, 0.25) is 11.8 Å². The monoisotopic (exact) mass is 447 g/mol. The number of hydrogen-bond acceptors (Lipinski definition) is 4. The number of carbonyl (C=O) groups is 3. The second-order valence-electron chi connectivity index (χ2n) is 7.36. The molecule has 7 heteroatoms. The van der Waals surface area contributed by atoms with E-state index in [4.69, 9.17) is 0 Å². The van der Waals surface area contributed by atoms with E-state index < -0.39 is 0 Å². The highest BCUT2D eigenvalue weighted by Crippen LogP contribution is 2.26. The van der Waals surface area contributed by atoms with Crippen molar-refractivity contribution in [2.24, 2.45) is 0 Å². The minimum absolute atomic E-state index is 0.126. The number of rotatable bonds is 7. The van der Waals surface area contributed by atoms with Gasteiger partial charge in [0.25, 0.3) is 5.91 Å². The Morgan fingerprint density at radius 3 is 1.94 bits per heavy atom. The van der Waals surface area contributed by atoms with Crippen LogP contribution in [-0.2, 0) is 9.59 Å². The molecular formula is C25H25N3O3S. The number of amides is 3. The topological polar surface area (TPSA) is 87.3 Å². The van der Waals surface area contributed by atoms with Crippen molar-refractivity contribution in [3.63, 3.8) is 0 Å². The second kappa shape index (κ2) is 10.6. The number of nitrogens with one attached hydrogen (secondary N) is 3. The van der Waals surface area contributed by atoms with E-state index in [1.807, 2.05) is 56.3 Å². The zero-order chi connectivity index (χ0) is 23.1. The Hall–Kier alpha value is -3.58. The highest BCUT2D eigenvalue weighted by Gasteiger charge is 2.15. The maximum absolute atomic E-state index is 12.5. The molecule has 0 aromatic heterocycles. The van der Waals surface area contributed by atoms with Gasteiger partial charge >= 0.3 is 0 Å². The first-order chi connectivity index (χ1) is 15.3. The molecule has 0 aliphatic carbocycles. The van der Waals surface area contributed by atoms with E-state index in [2.05, 4.69) is 16.0 Å². The third-order valence-corrected chi connectivity index (χ3v) is 5.66. The Kier molecular flexibility index (Phi) is 7.68. The lowest BCUT2D eigenvalue weighted by atomic mass is 10.1. The summed E-state index contributed by atoms with van der Waals surface area (Å²) in [6.07, 6.45) is 0. The molecule has 6 nitrogen and oxygen atoms in total. The van der Waals surface area contributed by atoms with Crippen LogP contribution in [0, 0.1) is 6.92 Å². The van der Waals surface area contributed by atoms with Crippen LogP contribution in [0.4, 0.5) is 17.1 Å². The molecule has 3 rings (SSSR count). The van der Waals surface area contributed by atoms with E-state index in [1.165, 1.54) is 18.7 Å². The number of benzene rings is 3. The van der Waals surface area contributed by atoms with E-state index in [-0.39, 0.29) is 23.0 Å². The van der Waals surface area contributed by atoms with Crippen molar-refractivity contribution in [1.29, 1.82) is 0 Å². The third-order valence-electron chi connectivity index (χ3n) is 4.55. The highest BCUT2D eigenvalue weighted by atomic mass is 32.2. The van der Waals surface area contributed by atoms with Gasteiger partial charge in [0, 0.05) is 34.4 Å². The summed E-state index contributed by atoms with van der Waals surface area (Å²) in [4.78, 5) is 36.9. The lowest BCUT2D eigenvalue weighted by molar-refractivity contribution is -0.115. The Labute approximate surface area is 191 Å². The van der Waals surface area contributed by atoms with Gasteiger partial charge in [-0.05, 0) is 74.5 Å². The number of hydrogen-bond donors (Lipinski definition) is 3. The molecular weight excluding hydrogens is 422 g/mol. The summed E-state index contributed by atoms with van der Waals surface area (Å²) in [7, 11) is 0. The average molecular weight is 448 g/mol. The zero-order valence-electron chi connectivity index (χ0n) is 18.1. The zero-order valence-corrected chi connectivity index (χ0v) is 19.0. The normalized spacial score (nSPS) is 11.3. The first-order valence-electron chi connectivity index (χ1n) is 10.1. The second-order valence-corrected chi connectivity index (χ2v) is 8.77. The largest absolute Gasteiger partial charge is 0.326 e. The fraction of sp³-hybridized carbons (Fsp3) is 0.160. The Morgan fingerprint density at radius 1 is 0.781 bits per heavy atom. The quantitative estimate of drug-likeness (QED) is 0.428. The lowest BCUT2D eigenvalue weighted by Gasteiger charge is -2.13. The molecule has 3 aromatic carbocycles. The first kappa shape index (κ1) is 23.1.